The molecule has 2 N–H and O–H groups in total. The molecule has 1 aromatic rings. The van der Waals surface area contributed by atoms with Crippen molar-refractivity contribution in [1.82, 2.24) is 0 Å². The molecule has 0 bridgehead atoms. The number of hydrogen-bond donors (Lipinski definition) is 2. The Kier molecular flexibility index (Phi) is 7.31. The van der Waals surface area contributed by atoms with E-state index in [0.29, 0.717) is 12.1 Å². The fraction of sp³-hybridized carbons (Fsp3) is 0.438. The highest BCUT2D eigenvalue weighted by molar-refractivity contribution is 6.58. The van der Waals surface area contributed by atoms with E-state index in [1.54, 1.807) is 12.1 Å². The molecule has 1 rings (SSSR count). The van der Waals surface area contributed by atoms with E-state index < -0.39 is 13.1 Å². The molecule has 22 heavy (non-hydrogen) atoms. The number of hydrogen-bond acceptors (Lipinski definition) is 4. The number of rotatable bonds is 9. The van der Waals surface area contributed by atoms with Crippen LogP contribution in [-0.4, -0.2) is 53.9 Å². The Hall–Kier alpha value is -1.63. The molecule has 0 amide bonds. The Labute approximate surface area is 132 Å². The first kappa shape index (κ1) is 18.4. The number of esters is 1. The second-order valence-corrected chi connectivity index (χ2v) is 5.34. The maximum absolute atomic E-state index is 11.1. The summed E-state index contributed by atoms with van der Waals surface area (Å²) >= 11 is 0. The van der Waals surface area contributed by atoms with Crippen LogP contribution in [-0.2, 0) is 16.1 Å². The Balaban J connectivity index is 2.72. The number of quaternary nitrogens is 1. The lowest BCUT2D eigenvalue weighted by Crippen LogP contribution is -2.49. The molecular weight excluding hydrogens is 281 g/mol. The first-order valence-electron chi connectivity index (χ1n) is 7.55. The average Bonchev–Trinajstić information content (AvgIpc) is 2.54. The molecular formula is C16H25BNO4+. The van der Waals surface area contributed by atoms with Gasteiger partial charge in [0.15, 0.2) is 0 Å². The van der Waals surface area contributed by atoms with Crippen LogP contribution in [0.3, 0.4) is 0 Å². The normalized spacial score (nSPS) is 11.1. The molecule has 0 atom stereocenters. The Morgan fingerprint density at radius 1 is 1.27 bits per heavy atom. The Morgan fingerprint density at radius 3 is 2.32 bits per heavy atom. The lowest BCUT2D eigenvalue weighted by molar-refractivity contribution is -0.937. The van der Waals surface area contributed by atoms with E-state index in [1.807, 2.05) is 12.1 Å². The van der Waals surface area contributed by atoms with E-state index in [9.17, 15) is 4.79 Å². The smallest absolute Gasteiger partial charge is 0.457 e. The zero-order valence-electron chi connectivity index (χ0n) is 13.4. The maximum atomic E-state index is 11.1. The predicted molar refractivity (Wildman–Crippen MR) is 87.3 cm³/mol. The van der Waals surface area contributed by atoms with Gasteiger partial charge in [0.1, 0.15) is 19.7 Å². The van der Waals surface area contributed by atoms with Crippen molar-refractivity contribution in [2.24, 2.45) is 0 Å². The minimum atomic E-state index is -1.44. The summed E-state index contributed by atoms with van der Waals surface area (Å²) in [6, 6.07) is 7.25. The first-order chi connectivity index (χ1) is 10.5. The van der Waals surface area contributed by atoms with Gasteiger partial charge in [-0.3, -0.25) is 0 Å². The third kappa shape index (κ3) is 5.29. The van der Waals surface area contributed by atoms with Crippen molar-refractivity contribution in [3.8, 4) is 0 Å². The number of carbonyl (C=O) groups is 1. The van der Waals surface area contributed by atoms with Gasteiger partial charge in [0.05, 0.1) is 13.1 Å². The fourth-order valence-corrected chi connectivity index (χ4v) is 2.42. The molecule has 120 valence electrons. The molecule has 0 aliphatic heterocycles. The van der Waals surface area contributed by atoms with Gasteiger partial charge in [-0.05, 0) is 19.3 Å². The van der Waals surface area contributed by atoms with E-state index in [-0.39, 0.29) is 0 Å². The van der Waals surface area contributed by atoms with E-state index in [1.165, 1.54) is 6.08 Å². The van der Waals surface area contributed by atoms with E-state index in [0.717, 1.165) is 36.2 Å². The lowest BCUT2D eigenvalue weighted by atomic mass is 9.80. The number of carbonyl (C=O) groups excluding carboxylic acids is 1. The molecule has 5 nitrogen and oxygen atoms in total. The lowest BCUT2D eigenvalue weighted by Gasteiger charge is -2.36. The van der Waals surface area contributed by atoms with Gasteiger partial charge in [0, 0.05) is 11.6 Å². The minimum Gasteiger partial charge on any atom is -0.457 e. The SMILES string of the molecule is C=CC(=O)OCC[N+](CC)(CC)Cc1ccc(B(O)O)cc1. The number of nitrogens with zero attached hydrogens (tertiary/aromatic N) is 1. The van der Waals surface area contributed by atoms with Crippen molar-refractivity contribution in [2.45, 2.75) is 20.4 Å². The highest BCUT2D eigenvalue weighted by Gasteiger charge is 2.24. The number of ether oxygens (including phenoxy) is 1. The summed E-state index contributed by atoms with van der Waals surface area (Å²) in [4.78, 5) is 11.1. The van der Waals surface area contributed by atoms with Crippen molar-refractivity contribution in [2.75, 3.05) is 26.2 Å². The van der Waals surface area contributed by atoms with Crippen molar-refractivity contribution in [3.05, 3.63) is 42.5 Å². The summed E-state index contributed by atoms with van der Waals surface area (Å²) in [7, 11) is -1.44. The van der Waals surface area contributed by atoms with Crippen LogP contribution >= 0.6 is 0 Å². The van der Waals surface area contributed by atoms with Crippen LogP contribution in [0.15, 0.2) is 36.9 Å². The van der Waals surface area contributed by atoms with Crippen LogP contribution < -0.4 is 5.46 Å². The van der Waals surface area contributed by atoms with Crippen LogP contribution in [0.4, 0.5) is 0 Å². The van der Waals surface area contributed by atoms with Gasteiger partial charge in [-0.2, -0.15) is 0 Å². The molecule has 0 fully saturated rings. The van der Waals surface area contributed by atoms with E-state index in [2.05, 4.69) is 20.4 Å². The molecule has 0 aliphatic carbocycles. The molecule has 0 spiro atoms. The van der Waals surface area contributed by atoms with Crippen molar-refractivity contribution in [1.29, 1.82) is 0 Å². The maximum Gasteiger partial charge on any atom is 0.488 e. The van der Waals surface area contributed by atoms with Gasteiger partial charge in [0.2, 0.25) is 0 Å². The quantitative estimate of drug-likeness (QED) is 0.301. The van der Waals surface area contributed by atoms with Crippen molar-refractivity contribution >= 4 is 18.6 Å². The zero-order chi connectivity index (χ0) is 16.6. The topological polar surface area (TPSA) is 66.8 Å². The molecule has 0 aromatic heterocycles. The van der Waals surface area contributed by atoms with Gasteiger partial charge in [-0.1, -0.05) is 30.8 Å². The van der Waals surface area contributed by atoms with Crippen LogP contribution in [0, 0.1) is 0 Å². The van der Waals surface area contributed by atoms with Crippen LogP contribution in [0.1, 0.15) is 19.4 Å². The van der Waals surface area contributed by atoms with Crippen LogP contribution in [0.25, 0.3) is 0 Å². The van der Waals surface area contributed by atoms with Gasteiger partial charge in [-0.25, -0.2) is 4.79 Å². The van der Waals surface area contributed by atoms with Gasteiger partial charge in [-0.15, -0.1) is 0 Å². The Bertz CT molecular complexity index is 483. The summed E-state index contributed by atoms with van der Waals surface area (Å²) in [5.41, 5.74) is 1.60. The van der Waals surface area contributed by atoms with Crippen molar-refractivity contribution < 1.29 is 24.1 Å². The number of benzene rings is 1. The average molecular weight is 306 g/mol. The van der Waals surface area contributed by atoms with Crippen LogP contribution in [0.2, 0.25) is 0 Å². The molecule has 6 heteroatoms. The second kappa shape index (κ2) is 8.73. The van der Waals surface area contributed by atoms with E-state index >= 15 is 0 Å². The summed E-state index contributed by atoms with van der Waals surface area (Å²) in [6.45, 7) is 11.4. The largest absolute Gasteiger partial charge is 0.488 e. The third-order valence-electron chi connectivity index (χ3n) is 4.11. The third-order valence-corrected chi connectivity index (χ3v) is 4.11. The van der Waals surface area contributed by atoms with Crippen molar-refractivity contribution in [3.63, 3.8) is 0 Å². The molecule has 0 heterocycles. The molecule has 0 saturated carbocycles. The van der Waals surface area contributed by atoms with Crippen LogP contribution in [0.5, 0.6) is 0 Å². The van der Waals surface area contributed by atoms with Gasteiger partial charge in [0.25, 0.3) is 0 Å². The number of likely N-dealkylation sites (N-methyl/N-ethyl adjacent to an activating group) is 1. The monoisotopic (exact) mass is 306 g/mol. The second-order valence-electron chi connectivity index (χ2n) is 5.34. The summed E-state index contributed by atoms with van der Waals surface area (Å²) in [5.74, 6) is -0.397. The minimum absolute atomic E-state index is 0.361. The van der Waals surface area contributed by atoms with Gasteiger partial charge < -0.3 is 19.3 Å². The highest BCUT2D eigenvalue weighted by atomic mass is 16.5. The van der Waals surface area contributed by atoms with E-state index in [4.69, 9.17) is 14.8 Å². The van der Waals surface area contributed by atoms with Gasteiger partial charge >= 0.3 is 13.1 Å². The molecule has 0 unspecified atom stereocenters. The molecule has 0 radical (unpaired) electrons. The predicted octanol–water partition coefficient (Wildman–Crippen LogP) is 0.452. The first-order valence-corrected chi connectivity index (χ1v) is 7.55. The zero-order valence-corrected chi connectivity index (χ0v) is 13.4. The molecule has 0 aliphatic rings. The standard InChI is InChI=1S/C16H25BNO4/c1-4-16(19)22-12-11-18(5-2,6-3)13-14-7-9-15(10-8-14)17(20)21/h4,7-10,20-21H,1,5-6,11-13H2,2-3H3/q+1. The molecule has 1 aromatic carbocycles. The molecule has 0 saturated heterocycles. The summed E-state index contributed by atoms with van der Waals surface area (Å²) in [6.07, 6.45) is 1.17. The Morgan fingerprint density at radius 2 is 1.86 bits per heavy atom. The summed E-state index contributed by atoms with van der Waals surface area (Å²) in [5, 5.41) is 18.3. The summed E-state index contributed by atoms with van der Waals surface area (Å²) < 4.78 is 5.90. The fourth-order valence-electron chi connectivity index (χ4n) is 2.42. The highest BCUT2D eigenvalue weighted by Crippen LogP contribution is 2.14.